The molecule has 0 saturated heterocycles. The van der Waals surface area contributed by atoms with E-state index >= 15 is 0 Å². The number of carbonyl (C=O) groups excluding carboxylic acids is 1. The van der Waals surface area contributed by atoms with Crippen LogP contribution in [0.25, 0.3) is 0 Å². The van der Waals surface area contributed by atoms with Gasteiger partial charge in [0.1, 0.15) is 0 Å². The molecule has 3 aromatic carbocycles. The van der Waals surface area contributed by atoms with E-state index in [4.69, 9.17) is 28.9 Å². The average molecular weight is 507 g/mol. The molecular weight excluding hydrogens is 483 g/mol. The minimum atomic E-state index is -0.451. The SMILES string of the molecule is NCCC(C(=O)Nc1ccc(N(Cc2ccccc2)c2nccnn2)cc1)c1ccc(Cl)c(Cl)c1. The lowest BCUT2D eigenvalue weighted by atomic mass is 9.94. The summed E-state index contributed by atoms with van der Waals surface area (Å²) in [6.45, 7) is 0.922. The lowest BCUT2D eigenvalue weighted by Gasteiger charge is -2.23. The Bertz CT molecular complexity index is 1260. The number of carbonyl (C=O) groups is 1. The van der Waals surface area contributed by atoms with Gasteiger partial charge in [-0.25, -0.2) is 4.98 Å². The van der Waals surface area contributed by atoms with Gasteiger partial charge >= 0.3 is 0 Å². The molecular formula is C26H24Cl2N6O. The highest BCUT2D eigenvalue weighted by Crippen LogP contribution is 2.30. The van der Waals surface area contributed by atoms with Crippen LogP contribution in [0.5, 0.6) is 0 Å². The second kappa shape index (κ2) is 11.8. The molecule has 9 heteroatoms. The number of halogens is 2. The fourth-order valence-corrected chi connectivity index (χ4v) is 4.01. The van der Waals surface area contributed by atoms with E-state index in [-0.39, 0.29) is 5.91 Å². The van der Waals surface area contributed by atoms with Crippen molar-refractivity contribution in [1.82, 2.24) is 15.2 Å². The van der Waals surface area contributed by atoms with E-state index in [2.05, 4.69) is 20.5 Å². The standard InChI is InChI=1S/C26H24Cl2N6O/c27-23-11-6-19(16-24(23)28)22(12-13-29)25(35)32-20-7-9-21(10-8-20)34(26-30-14-15-31-33-26)17-18-4-2-1-3-5-18/h1-11,14-16,22H,12-13,17,29H2,(H,32,35). The Kier molecular flexibility index (Phi) is 8.26. The Hall–Kier alpha value is -3.52. The van der Waals surface area contributed by atoms with Gasteiger partial charge < -0.3 is 16.0 Å². The molecule has 0 spiro atoms. The molecule has 4 aromatic rings. The summed E-state index contributed by atoms with van der Waals surface area (Å²) in [5.74, 6) is -0.137. The first-order valence-corrected chi connectivity index (χ1v) is 11.8. The molecule has 0 fully saturated rings. The van der Waals surface area contributed by atoms with Gasteiger partial charge in [0, 0.05) is 11.4 Å². The highest BCUT2D eigenvalue weighted by molar-refractivity contribution is 6.42. The molecule has 0 saturated carbocycles. The first-order chi connectivity index (χ1) is 17.0. The predicted molar refractivity (Wildman–Crippen MR) is 140 cm³/mol. The molecule has 178 valence electrons. The summed E-state index contributed by atoms with van der Waals surface area (Å²) in [5.41, 5.74) is 9.17. The van der Waals surface area contributed by atoms with Crippen molar-refractivity contribution in [2.24, 2.45) is 5.73 Å². The number of nitrogens with two attached hydrogens (primary N) is 1. The van der Waals surface area contributed by atoms with Crippen LogP contribution in [0.15, 0.2) is 85.2 Å². The minimum Gasteiger partial charge on any atom is -0.330 e. The zero-order valence-corrected chi connectivity index (χ0v) is 20.3. The van der Waals surface area contributed by atoms with Gasteiger partial charge in [0.25, 0.3) is 0 Å². The van der Waals surface area contributed by atoms with Gasteiger partial charge in [-0.2, -0.15) is 5.10 Å². The van der Waals surface area contributed by atoms with Crippen molar-refractivity contribution in [2.75, 3.05) is 16.8 Å². The fraction of sp³-hybridized carbons (Fsp3) is 0.154. The van der Waals surface area contributed by atoms with Crippen LogP contribution in [0.3, 0.4) is 0 Å². The maximum absolute atomic E-state index is 13.1. The van der Waals surface area contributed by atoms with Gasteiger partial charge in [-0.3, -0.25) is 4.79 Å². The van der Waals surface area contributed by atoms with E-state index in [1.165, 1.54) is 6.20 Å². The van der Waals surface area contributed by atoms with Crippen molar-refractivity contribution in [3.05, 3.63) is 106 Å². The van der Waals surface area contributed by atoms with E-state index in [9.17, 15) is 4.79 Å². The molecule has 0 radical (unpaired) electrons. The van der Waals surface area contributed by atoms with Crippen molar-refractivity contribution in [3.8, 4) is 0 Å². The Morgan fingerprint density at radius 1 is 0.971 bits per heavy atom. The fourth-order valence-electron chi connectivity index (χ4n) is 3.71. The molecule has 35 heavy (non-hydrogen) atoms. The second-order valence-electron chi connectivity index (χ2n) is 7.85. The number of hydrogen-bond acceptors (Lipinski definition) is 6. The second-order valence-corrected chi connectivity index (χ2v) is 8.67. The number of aromatic nitrogens is 3. The van der Waals surface area contributed by atoms with Crippen LogP contribution < -0.4 is 16.0 Å². The first kappa shape index (κ1) is 24.6. The number of nitrogens with one attached hydrogen (secondary N) is 1. The lowest BCUT2D eigenvalue weighted by Crippen LogP contribution is -2.23. The quantitative estimate of drug-likeness (QED) is 0.307. The van der Waals surface area contributed by atoms with E-state index in [0.717, 1.165) is 16.8 Å². The van der Waals surface area contributed by atoms with Crippen molar-refractivity contribution in [1.29, 1.82) is 0 Å². The summed E-state index contributed by atoms with van der Waals surface area (Å²) in [5, 5.41) is 12.0. The maximum Gasteiger partial charge on any atom is 0.250 e. The maximum atomic E-state index is 13.1. The third kappa shape index (κ3) is 6.33. The number of rotatable bonds is 9. The van der Waals surface area contributed by atoms with E-state index in [1.807, 2.05) is 59.5 Å². The third-order valence-electron chi connectivity index (χ3n) is 5.46. The number of amides is 1. The summed E-state index contributed by atoms with van der Waals surface area (Å²) in [4.78, 5) is 19.4. The van der Waals surface area contributed by atoms with Crippen molar-refractivity contribution in [3.63, 3.8) is 0 Å². The zero-order chi connectivity index (χ0) is 24.6. The summed E-state index contributed by atoms with van der Waals surface area (Å²) in [6, 6.07) is 22.7. The first-order valence-electron chi connectivity index (χ1n) is 11.1. The minimum absolute atomic E-state index is 0.168. The number of anilines is 3. The van der Waals surface area contributed by atoms with Crippen LogP contribution in [0, 0.1) is 0 Å². The van der Waals surface area contributed by atoms with Crippen LogP contribution in [0.4, 0.5) is 17.3 Å². The number of nitrogens with zero attached hydrogens (tertiary/aromatic N) is 4. The van der Waals surface area contributed by atoms with Gasteiger partial charge in [0.05, 0.1) is 34.9 Å². The molecule has 1 heterocycles. The summed E-state index contributed by atoms with van der Waals surface area (Å²) >= 11 is 12.2. The molecule has 1 aromatic heterocycles. The van der Waals surface area contributed by atoms with Crippen LogP contribution in [0.2, 0.25) is 10.0 Å². The van der Waals surface area contributed by atoms with Crippen LogP contribution in [-0.2, 0) is 11.3 Å². The molecule has 7 nitrogen and oxygen atoms in total. The molecule has 0 aliphatic rings. The lowest BCUT2D eigenvalue weighted by molar-refractivity contribution is -0.117. The highest BCUT2D eigenvalue weighted by atomic mass is 35.5. The third-order valence-corrected chi connectivity index (χ3v) is 6.20. The van der Waals surface area contributed by atoms with Crippen molar-refractivity contribution < 1.29 is 4.79 Å². The summed E-state index contributed by atoms with van der Waals surface area (Å²) in [6.07, 6.45) is 3.62. The summed E-state index contributed by atoms with van der Waals surface area (Å²) in [7, 11) is 0. The molecule has 0 bridgehead atoms. The van der Waals surface area contributed by atoms with Crippen molar-refractivity contribution in [2.45, 2.75) is 18.9 Å². The Balaban J connectivity index is 1.54. The van der Waals surface area contributed by atoms with Gasteiger partial charge in [0.15, 0.2) is 0 Å². The van der Waals surface area contributed by atoms with E-state index in [1.54, 1.807) is 24.4 Å². The highest BCUT2D eigenvalue weighted by Gasteiger charge is 2.21. The molecule has 0 aliphatic heterocycles. The van der Waals surface area contributed by atoms with Gasteiger partial charge in [-0.15, -0.1) is 5.10 Å². The molecule has 1 unspecified atom stereocenters. The molecule has 4 rings (SSSR count). The summed E-state index contributed by atoms with van der Waals surface area (Å²) < 4.78 is 0. The molecule has 1 atom stereocenters. The van der Waals surface area contributed by atoms with Gasteiger partial charge in [0.2, 0.25) is 11.9 Å². The van der Waals surface area contributed by atoms with Crippen molar-refractivity contribution >= 4 is 46.4 Å². The molecule has 0 aliphatic carbocycles. The number of hydrogen-bond donors (Lipinski definition) is 2. The van der Waals surface area contributed by atoms with Crippen LogP contribution in [-0.4, -0.2) is 27.6 Å². The molecule has 3 N–H and O–H groups in total. The largest absolute Gasteiger partial charge is 0.330 e. The van der Waals surface area contributed by atoms with E-state index in [0.29, 0.717) is 41.2 Å². The van der Waals surface area contributed by atoms with E-state index < -0.39 is 5.92 Å². The molecule has 1 amide bonds. The smallest absolute Gasteiger partial charge is 0.250 e. The average Bonchev–Trinajstić information content (AvgIpc) is 2.89. The predicted octanol–water partition coefficient (Wildman–Crippen LogP) is 5.59. The normalized spacial score (nSPS) is 11.6. The van der Waals surface area contributed by atoms with Crippen LogP contribution >= 0.6 is 23.2 Å². The number of benzene rings is 3. The van der Waals surface area contributed by atoms with Gasteiger partial charge in [-0.1, -0.05) is 59.6 Å². The van der Waals surface area contributed by atoms with Crippen LogP contribution in [0.1, 0.15) is 23.5 Å². The topological polar surface area (TPSA) is 97.0 Å². The Labute approximate surface area is 213 Å². The zero-order valence-electron chi connectivity index (χ0n) is 18.8. The monoisotopic (exact) mass is 506 g/mol. The Morgan fingerprint density at radius 3 is 2.40 bits per heavy atom. The Morgan fingerprint density at radius 2 is 1.74 bits per heavy atom. The van der Waals surface area contributed by atoms with Gasteiger partial charge in [-0.05, 0) is 60.5 Å².